The summed E-state index contributed by atoms with van der Waals surface area (Å²) >= 11 is 5.96. The van der Waals surface area contributed by atoms with Crippen LogP contribution in [0.25, 0.3) is 0 Å². The van der Waals surface area contributed by atoms with Gasteiger partial charge in [-0.2, -0.15) is 0 Å². The van der Waals surface area contributed by atoms with Gasteiger partial charge in [0, 0.05) is 23.9 Å². The van der Waals surface area contributed by atoms with Gasteiger partial charge < -0.3 is 9.74 Å². The van der Waals surface area contributed by atoms with Crippen molar-refractivity contribution in [3.8, 4) is 0 Å². The van der Waals surface area contributed by atoms with Crippen molar-refractivity contribution in [2.75, 3.05) is 6.54 Å². The molecular weight excluding hydrogens is 391 g/mol. The molecule has 4 rings (SSSR count). The molecule has 0 bridgehead atoms. The van der Waals surface area contributed by atoms with Gasteiger partial charge in [-0.15, -0.1) is 0 Å². The Morgan fingerprint density at radius 1 is 1.10 bits per heavy atom. The van der Waals surface area contributed by atoms with Gasteiger partial charge in [0.15, 0.2) is 6.10 Å². The zero-order valence-electron chi connectivity index (χ0n) is 16.2. The van der Waals surface area contributed by atoms with E-state index in [1.165, 1.54) is 12.1 Å². The Hall–Kier alpha value is -2.40. The predicted octanol–water partition coefficient (Wildman–Crippen LogP) is 5.19. The van der Waals surface area contributed by atoms with Crippen LogP contribution in [0.4, 0.5) is 4.39 Å². The van der Waals surface area contributed by atoms with E-state index in [0.29, 0.717) is 24.5 Å². The van der Waals surface area contributed by atoms with Crippen LogP contribution >= 0.6 is 11.6 Å². The average Bonchev–Trinajstić information content (AvgIpc) is 3.41. The summed E-state index contributed by atoms with van der Waals surface area (Å²) in [7, 11) is 0. The van der Waals surface area contributed by atoms with E-state index in [2.05, 4.69) is 5.16 Å². The molecule has 1 saturated carbocycles. The molecule has 4 nitrogen and oxygen atoms in total. The molecule has 1 heterocycles. The SMILES string of the molecule is O=C(C1CCCC1)N(Cc1ccc(F)cc1)C[C@H]1CC(c2ccc(Cl)cc2)=NO1. The fraction of sp³-hybridized carbons (Fsp3) is 0.391. The van der Waals surface area contributed by atoms with Gasteiger partial charge in [-0.25, -0.2) is 4.39 Å². The molecule has 0 saturated heterocycles. The number of hydrogen-bond donors (Lipinski definition) is 0. The molecule has 0 unspecified atom stereocenters. The normalized spacial score (nSPS) is 19.1. The third-order valence-corrected chi connectivity index (χ3v) is 5.89. The summed E-state index contributed by atoms with van der Waals surface area (Å²) in [6, 6.07) is 13.8. The first kappa shape index (κ1) is 19.9. The zero-order chi connectivity index (χ0) is 20.2. The average molecular weight is 415 g/mol. The first-order valence-electron chi connectivity index (χ1n) is 10.1. The Morgan fingerprint density at radius 2 is 1.79 bits per heavy atom. The smallest absolute Gasteiger partial charge is 0.226 e. The molecule has 0 N–H and O–H groups in total. The van der Waals surface area contributed by atoms with Crippen molar-refractivity contribution < 1.29 is 14.0 Å². The van der Waals surface area contributed by atoms with Crippen molar-refractivity contribution in [2.45, 2.75) is 44.8 Å². The van der Waals surface area contributed by atoms with Crippen molar-refractivity contribution in [1.82, 2.24) is 4.90 Å². The van der Waals surface area contributed by atoms with Crippen LogP contribution in [-0.2, 0) is 16.2 Å². The van der Waals surface area contributed by atoms with Crippen LogP contribution in [0, 0.1) is 11.7 Å². The van der Waals surface area contributed by atoms with Crippen molar-refractivity contribution in [3.05, 3.63) is 70.5 Å². The van der Waals surface area contributed by atoms with Crippen LogP contribution in [0.15, 0.2) is 53.7 Å². The second-order valence-electron chi connectivity index (χ2n) is 7.80. The standard InChI is InChI=1S/C23H24ClFN2O2/c24-19-9-7-17(8-10-19)22-13-21(29-26-22)15-27(23(28)18-3-1-2-4-18)14-16-5-11-20(25)12-6-16/h5-12,18,21H,1-4,13-15H2/t21-/m1/s1. The van der Waals surface area contributed by atoms with Crippen LogP contribution in [0.5, 0.6) is 0 Å². The highest BCUT2D eigenvalue weighted by molar-refractivity contribution is 6.30. The number of nitrogens with zero attached hydrogens (tertiary/aromatic N) is 2. The highest BCUT2D eigenvalue weighted by Gasteiger charge is 2.31. The van der Waals surface area contributed by atoms with Gasteiger partial charge in [0.1, 0.15) is 5.82 Å². The second-order valence-corrected chi connectivity index (χ2v) is 8.24. The summed E-state index contributed by atoms with van der Waals surface area (Å²) in [5.41, 5.74) is 2.75. The fourth-order valence-corrected chi connectivity index (χ4v) is 4.18. The molecule has 1 aliphatic carbocycles. The fourth-order valence-electron chi connectivity index (χ4n) is 4.06. The molecule has 6 heteroatoms. The highest BCUT2D eigenvalue weighted by atomic mass is 35.5. The molecule has 2 aromatic carbocycles. The lowest BCUT2D eigenvalue weighted by Crippen LogP contribution is -2.40. The van der Waals surface area contributed by atoms with Gasteiger partial charge >= 0.3 is 0 Å². The quantitative estimate of drug-likeness (QED) is 0.652. The van der Waals surface area contributed by atoms with E-state index in [1.807, 2.05) is 29.2 Å². The van der Waals surface area contributed by atoms with Crippen LogP contribution in [0.1, 0.15) is 43.2 Å². The molecule has 1 amide bonds. The molecule has 2 aromatic rings. The summed E-state index contributed by atoms with van der Waals surface area (Å²) < 4.78 is 13.3. The van der Waals surface area contributed by atoms with Crippen LogP contribution in [-0.4, -0.2) is 29.2 Å². The Labute approximate surface area is 175 Å². The van der Waals surface area contributed by atoms with Crippen LogP contribution in [0.3, 0.4) is 0 Å². The highest BCUT2D eigenvalue weighted by Crippen LogP contribution is 2.28. The Bertz CT molecular complexity index is 877. The number of amides is 1. The Kier molecular flexibility index (Phi) is 6.14. The molecule has 29 heavy (non-hydrogen) atoms. The number of carbonyl (C=O) groups is 1. The summed E-state index contributed by atoms with van der Waals surface area (Å²) in [4.78, 5) is 20.6. The minimum atomic E-state index is -0.275. The first-order valence-corrected chi connectivity index (χ1v) is 10.5. The van der Waals surface area contributed by atoms with Gasteiger partial charge in [0.2, 0.25) is 5.91 Å². The molecule has 0 spiro atoms. The molecule has 1 aliphatic heterocycles. The lowest BCUT2D eigenvalue weighted by atomic mass is 10.0. The number of oxime groups is 1. The van der Waals surface area contributed by atoms with E-state index in [4.69, 9.17) is 16.4 Å². The van der Waals surface area contributed by atoms with Gasteiger partial charge in [-0.05, 0) is 48.2 Å². The van der Waals surface area contributed by atoms with E-state index in [0.717, 1.165) is 42.5 Å². The minimum absolute atomic E-state index is 0.0773. The summed E-state index contributed by atoms with van der Waals surface area (Å²) in [6.45, 7) is 0.916. The number of rotatable bonds is 6. The molecule has 2 aliphatic rings. The summed E-state index contributed by atoms with van der Waals surface area (Å²) in [6.07, 6.45) is 4.54. The van der Waals surface area contributed by atoms with E-state index in [1.54, 1.807) is 12.1 Å². The molecule has 1 atom stereocenters. The van der Waals surface area contributed by atoms with Gasteiger partial charge in [-0.1, -0.05) is 53.9 Å². The van der Waals surface area contributed by atoms with E-state index in [-0.39, 0.29) is 23.7 Å². The van der Waals surface area contributed by atoms with Crippen LogP contribution in [0.2, 0.25) is 5.02 Å². The van der Waals surface area contributed by atoms with E-state index < -0.39 is 0 Å². The maximum absolute atomic E-state index is 13.3. The third kappa shape index (κ3) is 4.96. The summed E-state index contributed by atoms with van der Waals surface area (Å²) in [5.74, 6) is -0.0357. The van der Waals surface area contributed by atoms with Crippen molar-refractivity contribution >= 4 is 23.2 Å². The lowest BCUT2D eigenvalue weighted by Gasteiger charge is -2.27. The molecule has 1 fully saturated rings. The lowest BCUT2D eigenvalue weighted by molar-refractivity contribution is -0.137. The number of hydrogen-bond acceptors (Lipinski definition) is 3. The van der Waals surface area contributed by atoms with Gasteiger partial charge in [-0.3, -0.25) is 4.79 Å². The van der Waals surface area contributed by atoms with Crippen LogP contribution < -0.4 is 0 Å². The number of halogens is 2. The minimum Gasteiger partial charge on any atom is -0.390 e. The zero-order valence-corrected chi connectivity index (χ0v) is 16.9. The topological polar surface area (TPSA) is 41.9 Å². The largest absolute Gasteiger partial charge is 0.390 e. The number of carbonyl (C=O) groups excluding carboxylic acids is 1. The monoisotopic (exact) mass is 414 g/mol. The van der Waals surface area contributed by atoms with Crippen molar-refractivity contribution in [2.24, 2.45) is 11.1 Å². The molecule has 0 aromatic heterocycles. The number of benzene rings is 2. The second kappa shape index (κ2) is 8.95. The maximum atomic E-state index is 13.3. The Balaban J connectivity index is 1.44. The van der Waals surface area contributed by atoms with E-state index in [9.17, 15) is 9.18 Å². The molecular formula is C23H24ClFN2O2. The van der Waals surface area contributed by atoms with E-state index >= 15 is 0 Å². The van der Waals surface area contributed by atoms with Crippen molar-refractivity contribution in [3.63, 3.8) is 0 Å². The van der Waals surface area contributed by atoms with Gasteiger partial charge in [0.05, 0.1) is 12.3 Å². The molecule has 152 valence electrons. The molecule has 0 radical (unpaired) electrons. The third-order valence-electron chi connectivity index (χ3n) is 5.64. The predicted molar refractivity (Wildman–Crippen MR) is 111 cm³/mol. The van der Waals surface area contributed by atoms with Gasteiger partial charge in [0.25, 0.3) is 0 Å². The first-order chi connectivity index (χ1) is 14.1. The summed E-state index contributed by atoms with van der Waals surface area (Å²) in [5, 5.41) is 4.91. The maximum Gasteiger partial charge on any atom is 0.226 e. The van der Waals surface area contributed by atoms with Crippen molar-refractivity contribution in [1.29, 1.82) is 0 Å². The Morgan fingerprint density at radius 3 is 2.48 bits per heavy atom.